The van der Waals surface area contributed by atoms with Crippen LogP contribution in [0.4, 0.5) is 24.5 Å². The summed E-state index contributed by atoms with van der Waals surface area (Å²) in [5, 5.41) is 2.60. The Morgan fingerprint density at radius 2 is 1.87 bits per heavy atom. The number of nitrogens with zero attached hydrogens (tertiary/aromatic N) is 1. The molecule has 1 amide bonds. The molecule has 1 fully saturated rings. The first-order valence-corrected chi connectivity index (χ1v) is 9.58. The SMILES string of the molecule is Cc1ccc(C(=O)Nc2cc(CN3CCOCC3)c(C)c(C(F)(F)F)c2)cc1NN. The largest absolute Gasteiger partial charge is 0.416 e. The highest BCUT2D eigenvalue weighted by molar-refractivity contribution is 6.05. The molecule has 0 saturated carbocycles. The zero-order valence-corrected chi connectivity index (χ0v) is 16.9. The first-order chi connectivity index (χ1) is 14.2. The predicted octanol–water partition coefficient (Wildman–Crippen LogP) is 3.69. The van der Waals surface area contributed by atoms with Gasteiger partial charge in [0.05, 0.1) is 24.5 Å². The monoisotopic (exact) mass is 422 g/mol. The second-order valence-corrected chi connectivity index (χ2v) is 7.32. The lowest BCUT2D eigenvalue weighted by Gasteiger charge is -2.28. The lowest BCUT2D eigenvalue weighted by atomic mass is 9.99. The van der Waals surface area contributed by atoms with E-state index in [0.717, 1.165) is 11.6 Å². The minimum Gasteiger partial charge on any atom is -0.379 e. The van der Waals surface area contributed by atoms with Gasteiger partial charge < -0.3 is 15.5 Å². The fourth-order valence-corrected chi connectivity index (χ4v) is 3.43. The number of nitrogens with one attached hydrogen (secondary N) is 2. The Morgan fingerprint density at radius 1 is 1.17 bits per heavy atom. The van der Waals surface area contributed by atoms with Gasteiger partial charge in [-0.25, -0.2) is 0 Å². The number of alkyl halides is 3. The molecule has 162 valence electrons. The number of hydrazine groups is 1. The maximum atomic E-state index is 13.6. The lowest BCUT2D eigenvalue weighted by Crippen LogP contribution is -2.36. The van der Waals surface area contributed by atoms with Gasteiger partial charge in [-0.05, 0) is 54.8 Å². The molecule has 0 radical (unpaired) electrons. The van der Waals surface area contributed by atoms with Crippen LogP contribution in [0.15, 0.2) is 30.3 Å². The summed E-state index contributed by atoms with van der Waals surface area (Å²) in [4.78, 5) is 14.7. The van der Waals surface area contributed by atoms with Crippen LogP contribution in [0.3, 0.4) is 0 Å². The molecule has 2 aromatic rings. The van der Waals surface area contributed by atoms with Crippen LogP contribution in [0.2, 0.25) is 0 Å². The number of carbonyl (C=O) groups excluding carboxylic acids is 1. The van der Waals surface area contributed by atoms with Crippen LogP contribution in [0.1, 0.15) is 32.6 Å². The van der Waals surface area contributed by atoms with Gasteiger partial charge in [-0.2, -0.15) is 13.2 Å². The third-order valence-electron chi connectivity index (χ3n) is 5.23. The van der Waals surface area contributed by atoms with Gasteiger partial charge in [-0.3, -0.25) is 15.5 Å². The van der Waals surface area contributed by atoms with Crippen molar-refractivity contribution in [2.45, 2.75) is 26.6 Å². The number of halogens is 3. The molecule has 2 aromatic carbocycles. The molecule has 0 spiro atoms. The summed E-state index contributed by atoms with van der Waals surface area (Å²) in [6, 6.07) is 7.45. The van der Waals surface area contributed by atoms with Crippen molar-refractivity contribution in [3.8, 4) is 0 Å². The molecule has 1 saturated heterocycles. The minimum absolute atomic E-state index is 0.101. The molecule has 0 bridgehead atoms. The Bertz CT molecular complexity index is 925. The number of hydrogen-bond donors (Lipinski definition) is 3. The summed E-state index contributed by atoms with van der Waals surface area (Å²) in [6.07, 6.45) is -4.52. The van der Waals surface area contributed by atoms with Gasteiger partial charge >= 0.3 is 6.18 Å². The first kappa shape index (κ1) is 22.1. The second-order valence-electron chi connectivity index (χ2n) is 7.32. The number of amides is 1. The number of benzene rings is 2. The van der Waals surface area contributed by atoms with Crippen LogP contribution in [-0.2, 0) is 17.5 Å². The van der Waals surface area contributed by atoms with Crippen molar-refractivity contribution >= 4 is 17.3 Å². The molecule has 6 nitrogen and oxygen atoms in total. The molecule has 4 N–H and O–H groups in total. The van der Waals surface area contributed by atoms with Crippen molar-refractivity contribution in [1.82, 2.24) is 4.90 Å². The van der Waals surface area contributed by atoms with Crippen molar-refractivity contribution in [2.75, 3.05) is 37.0 Å². The summed E-state index contributed by atoms with van der Waals surface area (Å²) in [5.41, 5.74) is 4.23. The van der Waals surface area contributed by atoms with E-state index in [-0.39, 0.29) is 16.8 Å². The van der Waals surface area contributed by atoms with E-state index in [1.54, 1.807) is 24.3 Å². The van der Waals surface area contributed by atoms with Gasteiger partial charge in [-0.1, -0.05) is 6.07 Å². The van der Waals surface area contributed by atoms with Crippen LogP contribution in [0, 0.1) is 13.8 Å². The molecule has 3 rings (SSSR count). The molecule has 0 unspecified atom stereocenters. The standard InChI is InChI=1S/C21H25F3N4O2/c1-13-3-4-15(10-19(13)27-25)20(29)26-17-9-16(12-28-5-7-30-8-6-28)14(2)18(11-17)21(22,23)24/h3-4,9-11,27H,5-8,12,25H2,1-2H3,(H,26,29). The highest BCUT2D eigenvalue weighted by Gasteiger charge is 2.34. The Labute approximate surface area is 173 Å². The quantitative estimate of drug-likeness (QED) is 0.506. The summed E-state index contributed by atoms with van der Waals surface area (Å²) in [7, 11) is 0. The van der Waals surface area contributed by atoms with Crippen LogP contribution < -0.4 is 16.6 Å². The number of ether oxygens (including phenoxy) is 1. The Morgan fingerprint density at radius 3 is 2.50 bits per heavy atom. The molecule has 1 heterocycles. The summed E-state index contributed by atoms with van der Waals surface area (Å²) in [6.45, 7) is 6.03. The van der Waals surface area contributed by atoms with Gasteiger partial charge in [0, 0.05) is 30.9 Å². The van der Waals surface area contributed by atoms with Crippen LogP contribution in [-0.4, -0.2) is 37.1 Å². The number of aryl methyl sites for hydroxylation is 1. The van der Waals surface area contributed by atoms with Crippen LogP contribution in [0.25, 0.3) is 0 Å². The Hall–Kier alpha value is -2.62. The van der Waals surface area contributed by atoms with E-state index >= 15 is 0 Å². The van der Waals surface area contributed by atoms with E-state index in [4.69, 9.17) is 10.6 Å². The number of hydrogen-bond acceptors (Lipinski definition) is 5. The van der Waals surface area contributed by atoms with E-state index in [0.29, 0.717) is 44.1 Å². The predicted molar refractivity (Wildman–Crippen MR) is 109 cm³/mol. The van der Waals surface area contributed by atoms with E-state index in [1.165, 1.54) is 6.92 Å². The van der Waals surface area contributed by atoms with Gasteiger partial charge in [0.1, 0.15) is 0 Å². The van der Waals surface area contributed by atoms with Crippen molar-refractivity contribution in [1.29, 1.82) is 0 Å². The van der Waals surface area contributed by atoms with Crippen molar-refractivity contribution in [2.24, 2.45) is 5.84 Å². The van der Waals surface area contributed by atoms with Gasteiger partial charge in [0.15, 0.2) is 0 Å². The minimum atomic E-state index is -4.52. The third-order valence-corrected chi connectivity index (χ3v) is 5.23. The smallest absolute Gasteiger partial charge is 0.379 e. The molecule has 1 aliphatic rings. The maximum absolute atomic E-state index is 13.6. The molecular weight excluding hydrogens is 397 g/mol. The van der Waals surface area contributed by atoms with Gasteiger partial charge in [-0.15, -0.1) is 0 Å². The van der Waals surface area contributed by atoms with Gasteiger partial charge in [0.25, 0.3) is 5.91 Å². The topological polar surface area (TPSA) is 79.6 Å². The molecular formula is C21H25F3N4O2. The number of rotatable bonds is 5. The number of nitrogen functional groups attached to an aromatic ring is 1. The third kappa shape index (κ3) is 5.10. The Balaban J connectivity index is 1.91. The van der Waals surface area contributed by atoms with Crippen molar-refractivity contribution in [3.63, 3.8) is 0 Å². The summed E-state index contributed by atoms with van der Waals surface area (Å²) < 4.78 is 46.2. The first-order valence-electron chi connectivity index (χ1n) is 9.58. The highest BCUT2D eigenvalue weighted by atomic mass is 19.4. The number of carbonyl (C=O) groups is 1. The summed E-state index contributed by atoms with van der Waals surface area (Å²) >= 11 is 0. The van der Waals surface area contributed by atoms with Crippen LogP contribution >= 0.6 is 0 Å². The average molecular weight is 422 g/mol. The normalized spacial score (nSPS) is 15.1. The highest BCUT2D eigenvalue weighted by Crippen LogP contribution is 2.36. The average Bonchev–Trinajstić information content (AvgIpc) is 2.70. The summed E-state index contributed by atoms with van der Waals surface area (Å²) in [5.74, 6) is 4.93. The molecule has 0 aromatic heterocycles. The Kier molecular flexibility index (Phi) is 6.64. The van der Waals surface area contributed by atoms with Gasteiger partial charge in [0.2, 0.25) is 0 Å². The second kappa shape index (κ2) is 9.03. The number of morpholine rings is 1. The fourth-order valence-electron chi connectivity index (χ4n) is 3.43. The number of nitrogens with two attached hydrogens (primary N) is 1. The zero-order valence-electron chi connectivity index (χ0n) is 16.9. The van der Waals surface area contributed by atoms with Crippen molar-refractivity contribution < 1.29 is 22.7 Å². The molecule has 0 aliphatic carbocycles. The van der Waals surface area contributed by atoms with E-state index < -0.39 is 17.6 Å². The fraction of sp³-hybridized carbons (Fsp3) is 0.381. The molecule has 9 heteroatoms. The van der Waals surface area contributed by atoms with Crippen molar-refractivity contribution in [3.05, 3.63) is 58.1 Å². The maximum Gasteiger partial charge on any atom is 0.416 e. The number of anilines is 2. The van der Waals surface area contributed by atoms with E-state index in [9.17, 15) is 18.0 Å². The zero-order chi connectivity index (χ0) is 21.9. The van der Waals surface area contributed by atoms with E-state index in [1.807, 2.05) is 11.8 Å². The molecule has 30 heavy (non-hydrogen) atoms. The molecule has 0 atom stereocenters. The van der Waals surface area contributed by atoms with E-state index in [2.05, 4.69) is 10.7 Å². The molecule has 1 aliphatic heterocycles. The lowest BCUT2D eigenvalue weighted by molar-refractivity contribution is -0.138. The van der Waals surface area contributed by atoms with Crippen LogP contribution in [0.5, 0.6) is 0 Å².